The molecule has 9 nitrogen and oxygen atoms in total. The largest absolute Gasteiger partial charge is 0.354 e. The van der Waals surface area contributed by atoms with Crippen LogP contribution in [0.15, 0.2) is 36.9 Å². The molecule has 5 rings (SSSR count). The van der Waals surface area contributed by atoms with Crippen LogP contribution in [0.1, 0.15) is 12.8 Å². The molecule has 0 aromatic carbocycles. The summed E-state index contributed by atoms with van der Waals surface area (Å²) in [5.74, 6) is 1.11. The molecule has 2 saturated heterocycles. The third-order valence-corrected chi connectivity index (χ3v) is 5.81. The maximum atomic E-state index is 13.1. The van der Waals surface area contributed by atoms with Crippen LogP contribution in [0.5, 0.6) is 0 Å². The van der Waals surface area contributed by atoms with Gasteiger partial charge in [-0.25, -0.2) is 9.97 Å². The lowest BCUT2D eigenvalue weighted by Gasteiger charge is -2.42. The first-order valence-electron chi connectivity index (χ1n) is 10.1. The van der Waals surface area contributed by atoms with Gasteiger partial charge in [-0.05, 0) is 25.0 Å². The van der Waals surface area contributed by atoms with Crippen LogP contribution < -0.4 is 9.80 Å². The summed E-state index contributed by atoms with van der Waals surface area (Å²) in [5, 5.41) is 4.21. The number of hydrogen-bond acceptors (Lipinski definition) is 7. The Bertz CT molecular complexity index is 1030. The number of nitrogens with zero attached hydrogens (tertiary/aromatic N) is 8. The molecule has 5 heterocycles. The Balaban J connectivity index is 1.26. The quantitative estimate of drug-likeness (QED) is 0.659. The second-order valence-electron chi connectivity index (χ2n) is 7.61. The van der Waals surface area contributed by atoms with Crippen LogP contribution >= 0.6 is 0 Å². The van der Waals surface area contributed by atoms with Crippen LogP contribution in [-0.4, -0.2) is 74.3 Å². The molecule has 2 aliphatic rings. The molecule has 2 aliphatic heterocycles. The summed E-state index contributed by atoms with van der Waals surface area (Å²) >= 11 is 0. The Morgan fingerprint density at radius 3 is 2.66 bits per heavy atom. The van der Waals surface area contributed by atoms with Crippen molar-refractivity contribution in [3.8, 4) is 0 Å². The Morgan fingerprint density at radius 1 is 1.03 bits per heavy atom. The fraction of sp³-hybridized carbons (Fsp3) is 0.450. The standard InChI is InChI=1S/C20H24N8O/c1-25-14-15(13-23-25)28-8-2-3-17(20(28)29)26-9-11-27(12-10-26)18-5-4-16-19(24-18)22-7-6-21-16/h4-7,13-14,17H,2-3,8-12H2,1H3. The molecule has 0 saturated carbocycles. The van der Waals surface area contributed by atoms with E-state index in [1.807, 2.05) is 30.3 Å². The van der Waals surface area contributed by atoms with Gasteiger partial charge in [-0.15, -0.1) is 0 Å². The monoisotopic (exact) mass is 392 g/mol. The zero-order chi connectivity index (χ0) is 19.8. The highest BCUT2D eigenvalue weighted by Gasteiger charge is 2.35. The number of rotatable bonds is 3. The summed E-state index contributed by atoms with van der Waals surface area (Å²) in [7, 11) is 1.88. The number of amides is 1. The van der Waals surface area contributed by atoms with Gasteiger partial charge in [0.25, 0.3) is 0 Å². The zero-order valence-corrected chi connectivity index (χ0v) is 16.5. The maximum Gasteiger partial charge on any atom is 0.244 e. The fourth-order valence-corrected chi connectivity index (χ4v) is 4.28. The van der Waals surface area contributed by atoms with Crippen molar-refractivity contribution in [2.24, 2.45) is 7.05 Å². The summed E-state index contributed by atoms with van der Waals surface area (Å²) in [6, 6.07) is 3.91. The number of aromatic nitrogens is 5. The third-order valence-electron chi connectivity index (χ3n) is 5.81. The lowest BCUT2D eigenvalue weighted by Crippen LogP contribution is -2.58. The molecule has 1 amide bonds. The third kappa shape index (κ3) is 3.42. The first-order chi connectivity index (χ1) is 14.2. The highest BCUT2D eigenvalue weighted by atomic mass is 16.2. The van der Waals surface area contributed by atoms with Gasteiger partial charge in [-0.3, -0.25) is 19.4 Å². The maximum absolute atomic E-state index is 13.1. The van der Waals surface area contributed by atoms with Crippen molar-refractivity contribution in [2.75, 3.05) is 42.5 Å². The summed E-state index contributed by atoms with van der Waals surface area (Å²) in [5.41, 5.74) is 2.36. The van der Waals surface area contributed by atoms with E-state index in [4.69, 9.17) is 0 Å². The molecular weight excluding hydrogens is 368 g/mol. The number of aryl methyl sites for hydroxylation is 1. The van der Waals surface area contributed by atoms with Gasteiger partial charge in [0.2, 0.25) is 5.91 Å². The molecule has 1 atom stereocenters. The zero-order valence-electron chi connectivity index (χ0n) is 16.5. The first kappa shape index (κ1) is 18.0. The minimum absolute atomic E-state index is 0.0541. The van der Waals surface area contributed by atoms with Gasteiger partial charge in [-0.1, -0.05) is 0 Å². The molecule has 9 heteroatoms. The van der Waals surface area contributed by atoms with Crippen molar-refractivity contribution < 1.29 is 4.79 Å². The molecule has 29 heavy (non-hydrogen) atoms. The Labute approximate surface area is 169 Å². The lowest BCUT2D eigenvalue weighted by molar-refractivity contribution is -0.125. The normalized spacial score (nSPS) is 21.1. The molecule has 3 aromatic heterocycles. The van der Waals surface area contributed by atoms with E-state index in [1.54, 1.807) is 23.3 Å². The molecule has 0 radical (unpaired) electrons. The van der Waals surface area contributed by atoms with E-state index in [1.165, 1.54) is 0 Å². The molecule has 0 bridgehead atoms. The van der Waals surface area contributed by atoms with Gasteiger partial charge in [0.05, 0.1) is 17.9 Å². The molecule has 150 valence electrons. The molecule has 1 unspecified atom stereocenters. The van der Waals surface area contributed by atoms with Crippen molar-refractivity contribution >= 4 is 28.6 Å². The predicted octanol–water partition coefficient (Wildman–Crippen LogP) is 1.08. The van der Waals surface area contributed by atoms with Gasteiger partial charge < -0.3 is 9.80 Å². The van der Waals surface area contributed by atoms with Crippen molar-refractivity contribution in [1.29, 1.82) is 0 Å². The Hall–Kier alpha value is -3.07. The first-order valence-corrected chi connectivity index (χ1v) is 10.1. The second kappa shape index (κ2) is 7.40. The van der Waals surface area contributed by atoms with Crippen molar-refractivity contribution in [1.82, 2.24) is 29.6 Å². The minimum Gasteiger partial charge on any atom is -0.354 e. The highest BCUT2D eigenvalue weighted by Crippen LogP contribution is 2.25. The van der Waals surface area contributed by atoms with E-state index in [9.17, 15) is 4.79 Å². The number of anilines is 2. The van der Waals surface area contributed by atoms with E-state index < -0.39 is 0 Å². The minimum atomic E-state index is -0.0541. The summed E-state index contributed by atoms with van der Waals surface area (Å²) in [6.07, 6.45) is 8.95. The second-order valence-corrected chi connectivity index (χ2v) is 7.61. The van der Waals surface area contributed by atoms with Crippen LogP contribution in [-0.2, 0) is 11.8 Å². The van der Waals surface area contributed by atoms with Crippen molar-refractivity contribution in [3.05, 3.63) is 36.9 Å². The summed E-state index contributed by atoms with van der Waals surface area (Å²) in [6.45, 7) is 4.14. The number of pyridine rings is 1. The van der Waals surface area contributed by atoms with Crippen LogP contribution in [0.4, 0.5) is 11.5 Å². The fourth-order valence-electron chi connectivity index (χ4n) is 4.28. The van der Waals surface area contributed by atoms with Crippen LogP contribution in [0.3, 0.4) is 0 Å². The van der Waals surface area contributed by atoms with Gasteiger partial charge >= 0.3 is 0 Å². The molecule has 0 aliphatic carbocycles. The van der Waals surface area contributed by atoms with E-state index in [-0.39, 0.29) is 11.9 Å². The number of fused-ring (bicyclic) bond motifs is 1. The van der Waals surface area contributed by atoms with Gasteiger partial charge in [0, 0.05) is 58.4 Å². The average molecular weight is 392 g/mol. The molecular formula is C20H24N8O. The van der Waals surface area contributed by atoms with Gasteiger partial charge in [-0.2, -0.15) is 5.10 Å². The molecule has 3 aromatic rings. The molecule has 0 spiro atoms. The van der Waals surface area contributed by atoms with Crippen molar-refractivity contribution in [3.63, 3.8) is 0 Å². The number of piperazine rings is 1. The van der Waals surface area contributed by atoms with Gasteiger partial charge in [0.15, 0.2) is 5.65 Å². The predicted molar refractivity (Wildman–Crippen MR) is 110 cm³/mol. The summed E-state index contributed by atoms with van der Waals surface area (Å²) in [4.78, 5) is 32.9. The van der Waals surface area contributed by atoms with E-state index in [0.29, 0.717) is 5.65 Å². The summed E-state index contributed by atoms with van der Waals surface area (Å²) < 4.78 is 1.74. The topological polar surface area (TPSA) is 83.3 Å². The number of piperidine rings is 1. The van der Waals surface area contributed by atoms with E-state index in [2.05, 4.69) is 29.9 Å². The van der Waals surface area contributed by atoms with Crippen LogP contribution in [0, 0.1) is 0 Å². The van der Waals surface area contributed by atoms with Crippen molar-refractivity contribution in [2.45, 2.75) is 18.9 Å². The van der Waals surface area contributed by atoms with Gasteiger partial charge in [0.1, 0.15) is 11.3 Å². The van der Waals surface area contributed by atoms with Crippen LogP contribution in [0.2, 0.25) is 0 Å². The smallest absolute Gasteiger partial charge is 0.244 e. The number of hydrogen-bond donors (Lipinski definition) is 0. The SMILES string of the molecule is Cn1cc(N2CCCC(N3CCN(c4ccc5nccnc5n4)CC3)C2=O)cn1. The van der Waals surface area contributed by atoms with Crippen LogP contribution in [0.25, 0.3) is 11.2 Å². The number of carbonyl (C=O) groups excluding carboxylic acids is 1. The molecule has 0 N–H and O–H groups in total. The average Bonchev–Trinajstić information content (AvgIpc) is 3.20. The Kier molecular flexibility index (Phi) is 4.59. The Morgan fingerprint density at radius 2 is 1.86 bits per heavy atom. The van der Waals surface area contributed by atoms with E-state index >= 15 is 0 Å². The molecule has 2 fully saturated rings. The lowest BCUT2D eigenvalue weighted by atomic mass is 10.0. The highest BCUT2D eigenvalue weighted by molar-refractivity contribution is 5.97. The van der Waals surface area contributed by atoms with E-state index in [0.717, 1.165) is 62.6 Å². The number of carbonyl (C=O) groups is 1.